The highest BCUT2D eigenvalue weighted by molar-refractivity contribution is 5.81. The molecule has 4 nitrogen and oxygen atoms in total. The van der Waals surface area contributed by atoms with Crippen LogP contribution in [-0.2, 0) is 14.3 Å². The lowest BCUT2D eigenvalue weighted by atomic mass is 9.83. The second-order valence-corrected chi connectivity index (χ2v) is 5.51. The normalized spacial score (nSPS) is 33.8. The summed E-state index contributed by atoms with van der Waals surface area (Å²) in [6.45, 7) is 9.08. The number of nitrogens with one attached hydrogen (secondary N) is 1. The molecule has 0 aromatic heterocycles. The van der Waals surface area contributed by atoms with Gasteiger partial charge in [0.25, 0.3) is 0 Å². The van der Waals surface area contributed by atoms with Crippen molar-refractivity contribution >= 4 is 5.97 Å². The number of esters is 1. The van der Waals surface area contributed by atoms with Gasteiger partial charge in [-0.2, -0.15) is 0 Å². The maximum atomic E-state index is 12.1. The summed E-state index contributed by atoms with van der Waals surface area (Å²) in [6, 6.07) is 0. The van der Waals surface area contributed by atoms with E-state index in [1.54, 1.807) is 0 Å². The van der Waals surface area contributed by atoms with E-state index in [0.29, 0.717) is 18.8 Å². The molecule has 1 aliphatic heterocycles. The van der Waals surface area contributed by atoms with E-state index >= 15 is 0 Å². The second kappa shape index (κ2) is 5.83. The van der Waals surface area contributed by atoms with Crippen LogP contribution in [0.15, 0.2) is 0 Å². The van der Waals surface area contributed by atoms with Gasteiger partial charge in [0, 0.05) is 12.8 Å². The highest BCUT2D eigenvalue weighted by Crippen LogP contribution is 2.30. The first-order valence-electron chi connectivity index (χ1n) is 6.38. The Hall–Kier alpha value is -0.610. The molecule has 2 atom stereocenters. The van der Waals surface area contributed by atoms with Crippen LogP contribution in [0.3, 0.4) is 0 Å². The highest BCUT2D eigenvalue weighted by Gasteiger charge is 2.45. The van der Waals surface area contributed by atoms with E-state index in [4.69, 9.17) is 9.47 Å². The van der Waals surface area contributed by atoms with E-state index in [1.807, 2.05) is 13.8 Å². The summed E-state index contributed by atoms with van der Waals surface area (Å²) < 4.78 is 10.7. The van der Waals surface area contributed by atoms with Crippen molar-refractivity contribution in [1.29, 1.82) is 0 Å². The quantitative estimate of drug-likeness (QED) is 0.764. The Morgan fingerprint density at radius 1 is 1.41 bits per heavy atom. The SMILES string of the molecule is COC(=O)C1(NCC(C)C)CC(C)OC(C)C1. The summed E-state index contributed by atoms with van der Waals surface area (Å²) >= 11 is 0. The van der Waals surface area contributed by atoms with Crippen molar-refractivity contribution in [2.45, 2.75) is 58.3 Å². The zero-order valence-electron chi connectivity index (χ0n) is 11.6. The van der Waals surface area contributed by atoms with Gasteiger partial charge in [-0.1, -0.05) is 13.8 Å². The van der Waals surface area contributed by atoms with E-state index in [-0.39, 0.29) is 18.2 Å². The number of carbonyl (C=O) groups is 1. The lowest BCUT2D eigenvalue weighted by Gasteiger charge is -2.41. The summed E-state index contributed by atoms with van der Waals surface area (Å²) in [4.78, 5) is 12.1. The molecule has 0 saturated carbocycles. The predicted octanol–water partition coefficient (Wildman–Crippen LogP) is 1.73. The Bertz CT molecular complexity index is 255. The van der Waals surface area contributed by atoms with Crippen molar-refractivity contribution in [1.82, 2.24) is 5.32 Å². The molecule has 0 bridgehead atoms. The third-order valence-electron chi connectivity index (χ3n) is 3.16. The molecule has 1 fully saturated rings. The molecule has 1 heterocycles. The molecule has 0 spiro atoms. The van der Waals surface area contributed by atoms with Gasteiger partial charge in [-0.25, -0.2) is 0 Å². The number of methoxy groups -OCH3 is 1. The summed E-state index contributed by atoms with van der Waals surface area (Å²) in [7, 11) is 1.45. The Kier molecular flexibility index (Phi) is 4.95. The number of carbonyl (C=O) groups excluding carboxylic acids is 1. The van der Waals surface area contributed by atoms with Crippen LogP contribution in [0.2, 0.25) is 0 Å². The van der Waals surface area contributed by atoms with Crippen LogP contribution in [0.25, 0.3) is 0 Å². The summed E-state index contributed by atoms with van der Waals surface area (Å²) in [6.07, 6.45) is 1.52. The van der Waals surface area contributed by atoms with Crippen LogP contribution in [0.1, 0.15) is 40.5 Å². The van der Waals surface area contributed by atoms with Gasteiger partial charge in [0.2, 0.25) is 0 Å². The van der Waals surface area contributed by atoms with Gasteiger partial charge < -0.3 is 14.8 Å². The van der Waals surface area contributed by atoms with E-state index in [2.05, 4.69) is 19.2 Å². The van der Waals surface area contributed by atoms with Gasteiger partial charge in [0.05, 0.1) is 19.3 Å². The van der Waals surface area contributed by atoms with Crippen LogP contribution >= 0.6 is 0 Å². The van der Waals surface area contributed by atoms with Crippen molar-refractivity contribution in [2.75, 3.05) is 13.7 Å². The van der Waals surface area contributed by atoms with Crippen LogP contribution in [0.5, 0.6) is 0 Å². The molecule has 0 aliphatic carbocycles. The molecule has 17 heavy (non-hydrogen) atoms. The van der Waals surface area contributed by atoms with Crippen molar-refractivity contribution in [2.24, 2.45) is 5.92 Å². The number of hydrogen-bond donors (Lipinski definition) is 1. The average Bonchev–Trinajstić information content (AvgIpc) is 2.24. The maximum Gasteiger partial charge on any atom is 0.326 e. The Balaban J connectivity index is 2.80. The van der Waals surface area contributed by atoms with Gasteiger partial charge in [0.1, 0.15) is 5.54 Å². The van der Waals surface area contributed by atoms with Gasteiger partial charge in [0.15, 0.2) is 0 Å². The Morgan fingerprint density at radius 2 is 1.94 bits per heavy atom. The third kappa shape index (κ3) is 3.68. The average molecular weight is 243 g/mol. The van der Waals surface area contributed by atoms with Crippen molar-refractivity contribution in [3.05, 3.63) is 0 Å². The molecule has 1 rings (SSSR count). The first-order valence-corrected chi connectivity index (χ1v) is 6.38. The summed E-state index contributed by atoms with van der Waals surface area (Å²) in [5.74, 6) is 0.338. The van der Waals surface area contributed by atoms with E-state index in [1.165, 1.54) is 7.11 Å². The van der Waals surface area contributed by atoms with Gasteiger partial charge in [-0.15, -0.1) is 0 Å². The molecule has 4 heteroatoms. The first kappa shape index (κ1) is 14.5. The number of hydrogen-bond acceptors (Lipinski definition) is 4. The van der Waals surface area contributed by atoms with Gasteiger partial charge >= 0.3 is 5.97 Å². The van der Waals surface area contributed by atoms with Crippen molar-refractivity contribution in [3.8, 4) is 0 Å². The van der Waals surface area contributed by atoms with Gasteiger partial charge in [-0.3, -0.25) is 4.79 Å². The predicted molar refractivity (Wildman–Crippen MR) is 66.8 cm³/mol. The molecule has 0 aromatic carbocycles. The van der Waals surface area contributed by atoms with E-state index < -0.39 is 5.54 Å². The number of rotatable bonds is 4. The zero-order chi connectivity index (χ0) is 13.1. The Morgan fingerprint density at radius 3 is 2.35 bits per heavy atom. The zero-order valence-corrected chi connectivity index (χ0v) is 11.6. The smallest absolute Gasteiger partial charge is 0.326 e. The minimum Gasteiger partial charge on any atom is -0.468 e. The molecule has 1 saturated heterocycles. The van der Waals surface area contributed by atoms with Crippen LogP contribution in [0, 0.1) is 5.92 Å². The van der Waals surface area contributed by atoms with Crippen LogP contribution in [-0.4, -0.2) is 37.4 Å². The van der Waals surface area contributed by atoms with E-state index in [9.17, 15) is 4.79 Å². The molecular weight excluding hydrogens is 218 g/mol. The monoisotopic (exact) mass is 243 g/mol. The lowest BCUT2D eigenvalue weighted by Crippen LogP contribution is -2.59. The summed E-state index contributed by atoms with van der Waals surface area (Å²) in [5, 5.41) is 3.39. The largest absolute Gasteiger partial charge is 0.468 e. The molecule has 1 aliphatic rings. The third-order valence-corrected chi connectivity index (χ3v) is 3.16. The minimum absolute atomic E-state index is 0.0810. The fourth-order valence-corrected chi connectivity index (χ4v) is 2.54. The van der Waals surface area contributed by atoms with Gasteiger partial charge in [-0.05, 0) is 26.3 Å². The minimum atomic E-state index is -0.573. The molecule has 0 aromatic rings. The van der Waals surface area contributed by atoms with E-state index in [0.717, 1.165) is 6.54 Å². The topological polar surface area (TPSA) is 47.6 Å². The first-order chi connectivity index (χ1) is 7.89. The molecular formula is C13H25NO3. The molecule has 0 amide bonds. The van der Waals surface area contributed by atoms with Crippen LogP contribution < -0.4 is 5.32 Å². The molecule has 100 valence electrons. The molecule has 2 unspecified atom stereocenters. The number of ether oxygens (including phenoxy) is 2. The standard InChI is InChI=1S/C13H25NO3/c1-9(2)8-14-13(12(15)16-5)6-10(3)17-11(4)7-13/h9-11,14H,6-8H2,1-5H3. The summed E-state index contributed by atoms with van der Waals surface area (Å²) in [5.41, 5.74) is -0.573. The molecule has 1 N–H and O–H groups in total. The Labute approximate surface area is 104 Å². The fourth-order valence-electron chi connectivity index (χ4n) is 2.54. The highest BCUT2D eigenvalue weighted by atomic mass is 16.5. The maximum absolute atomic E-state index is 12.1. The fraction of sp³-hybridized carbons (Fsp3) is 0.923. The van der Waals surface area contributed by atoms with Crippen LogP contribution in [0.4, 0.5) is 0 Å². The van der Waals surface area contributed by atoms with Crippen molar-refractivity contribution < 1.29 is 14.3 Å². The second-order valence-electron chi connectivity index (χ2n) is 5.51. The van der Waals surface area contributed by atoms with Crippen molar-refractivity contribution in [3.63, 3.8) is 0 Å². The lowest BCUT2D eigenvalue weighted by molar-refractivity contribution is -0.159. The molecule has 0 radical (unpaired) electrons.